The van der Waals surface area contributed by atoms with Gasteiger partial charge in [-0.3, -0.25) is 0 Å². The third kappa shape index (κ3) is 3.24. The molecule has 6 heteroatoms. The lowest BCUT2D eigenvalue weighted by Crippen LogP contribution is -2.44. The third-order valence-electron chi connectivity index (χ3n) is 5.49. The number of hydrogen-bond acceptors (Lipinski definition) is 6. The minimum Gasteiger partial charge on any atom is -0.482 e. The molecular weight excluding hydrogens is 372 g/mol. The molecule has 1 aliphatic heterocycles. The van der Waals surface area contributed by atoms with E-state index in [0.29, 0.717) is 22.6 Å². The average molecular weight is 392 g/mol. The van der Waals surface area contributed by atoms with E-state index < -0.39 is 23.8 Å². The summed E-state index contributed by atoms with van der Waals surface area (Å²) >= 11 is 0. The van der Waals surface area contributed by atoms with Gasteiger partial charge in [0.1, 0.15) is 18.3 Å². The van der Waals surface area contributed by atoms with Crippen LogP contribution in [0.25, 0.3) is 11.0 Å². The van der Waals surface area contributed by atoms with Gasteiger partial charge in [-0.05, 0) is 61.6 Å². The first-order chi connectivity index (χ1) is 14.1. The minimum absolute atomic E-state index is 0.0338. The van der Waals surface area contributed by atoms with Crippen LogP contribution in [0, 0.1) is 0 Å². The summed E-state index contributed by atoms with van der Waals surface area (Å²) < 4.78 is 22.4. The number of rotatable bonds is 3. The molecule has 2 aliphatic rings. The van der Waals surface area contributed by atoms with E-state index in [9.17, 15) is 9.59 Å². The molecular formula is C23H20O6. The third-order valence-corrected chi connectivity index (χ3v) is 5.49. The molecule has 0 saturated carbocycles. The number of fused-ring (bicyclic) bond motifs is 3. The van der Waals surface area contributed by atoms with Gasteiger partial charge in [-0.25, -0.2) is 9.59 Å². The maximum absolute atomic E-state index is 12.7. The smallest absolute Gasteiger partial charge is 0.351 e. The van der Waals surface area contributed by atoms with Crippen LogP contribution in [-0.2, 0) is 29.0 Å². The largest absolute Gasteiger partial charge is 0.482 e. The fraction of sp³-hybridized carbons (Fsp3) is 0.304. The van der Waals surface area contributed by atoms with Crippen molar-refractivity contribution in [2.45, 2.75) is 45.0 Å². The Bertz CT molecular complexity index is 1160. The Hall–Kier alpha value is -3.28. The van der Waals surface area contributed by atoms with E-state index in [-0.39, 0.29) is 6.61 Å². The Kier molecular flexibility index (Phi) is 4.27. The summed E-state index contributed by atoms with van der Waals surface area (Å²) in [5.41, 5.74) is 3.18. The fourth-order valence-corrected chi connectivity index (χ4v) is 4.02. The molecule has 148 valence electrons. The maximum atomic E-state index is 12.7. The summed E-state index contributed by atoms with van der Waals surface area (Å²) in [5.74, 6) is 0.577. The van der Waals surface area contributed by atoms with E-state index in [1.165, 1.54) is 17.2 Å². The molecule has 0 spiro atoms. The second kappa shape index (κ2) is 6.95. The van der Waals surface area contributed by atoms with Crippen molar-refractivity contribution in [1.29, 1.82) is 0 Å². The zero-order chi connectivity index (χ0) is 20.0. The van der Waals surface area contributed by atoms with Crippen LogP contribution in [0.3, 0.4) is 0 Å². The fourth-order valence-electron chi connectivity index (χ4n) is 4.02. The SMILES string of the molecule is C[C@H]1Oc2ccccc2O[C@H]1C(=O)OCc1cc(=O)oc2cc3c(cc12)CCC3. The molecule has 3 aromatic rings. The summed E-state index contributed by atoms with van der Waals surface area (Å²) in [6.45, 7) is 1.73. The predicted molar refractivity (Wildman–Crippen MR) is 105 cm³/mol. The van der Waals surface area contributed by atoms with Gasteiger partial charge in [0.15, 0.2) is 11.5 Å². The molecule has 0 unspecified atom stereocenters. The van der Waals surface area contributed by atoms with Crippen LogP contribution < -0.4 is 15.1 Å². The predicted octanol–water partition coefficient (Wildman–Crippen LogP) is 3.55. The molecule has 2 atom stereocenters. The van der Waals surface area contributed by atoms with Crippen molar-refractivity contribution in [1.82, 2.24) is 0 Å². The summed E-state index contributed by atoms with van der Waals surface area (Å²) in [5, 5.41) is 0.803. The highest BCUT2D eigenvalue weighted by molar-refractivity contribution is 5.83. The number of benzene rings is 2. The van der Waals surface area contributed by atoms with Crippen molar-refractivity contribution >= 4 is 16.9 Å². The quantitative estimate of drug-likeness (QED) is 0.501. The van der Waals surface area contributed by atoms with Crippen LogP contribution >= 0.6 is 0 Å². The second-order valence-corrected chi connectivity index (χ2v) is 7.48. The van der Waals surface area contributed by atoms with Gasteiger partial charge < -0.3 is 18.6 Å². The molecule has 0 bridgehead atoms. The minimum atomic E-state index is -0.875. The van der Waals surface area contributed by atoms with Gasteiger partial charge in [-0.2, -0.15) is 0 Å². The summed E-state index contributed by atoms with van der Waals surface area (Å²) in [6, 6.07) is 12.6. The second-order valence-electron chi connectivity index (χ2n) is 7.48. The first-order valence-electron chi connectivity index (χ1n) is 9.76. The molecule has 5 rings (SSSR count). The molecule has 0 fully saturated rings. The van der Waals surface area contributed by atoms with E-state index in [1.54, 1.807) is 19.1 Å². The number of esters is 1. The Balaban J connectivity index is 1.38. The van der Waals surface area contributed by atoms with Gasteiger partial charge in [-0.1, -0.05) is 12.1 Å². The maximum Gasteiger partial charge on any atom is 0.351 e. The highest BCUT2D eigenvalue weighted by Gasteiger charge is 2.35. The van der Waals surface area contributed by atoms with Crippen LogP contribution in [0.5, 0.6) is 11.5 Å². The van der Waals surface area contributed by atoms with E-state index in [1.807, 2.05) is 24.3 Å². The van der Waals surface area contributed by atoms with Crippen LogP contribution in [0.2, 0.25) is 0 Å². The van der Waals surface area contributed by atoms with E-state index in [0.717, 1.165) is 24.6 Å². The van der Waals surface area contributed by atoms with Gasteiger partial charge in [0.2, 0.25) is 6.10 Å². The molecule has 0 N–H and O–H groups in total. The lowest BCUT2D eigenvalue weighted by Gasteiger charge is -2.30. The zero-order valence-corrected chi connectivity index (χ0v) is 16.0. The summed E-state index contributed by atoms with van der Waals surface area (Å²) in [7, 11) is 0. The van der Waals surface area contributed by atoms with Crippen LogP contribution in [0.15, 0.2) is 51.7 Å². The lowest BCUT2D eigenvalue weighted by molar-refractivity contribution is -0.159. The Morgan fingerprint density at radius 2 is 1.79 bits per heavy atom. The molecule has 0 radical (unpaired) electrons. The molecule has 6 nitrogen and oxygen atoms in total. The number of para-hydroxylation sites is 2. The zero-order valence-electron chi connectivity index (χ0n) is 16.0. The number of carbonyl (C=O) groups excluding carboxylic acids is 1. The van der Waals surface area contributed by atoms with Crippen molar-refractivity contribution < 1.29 is 23.4 Å². The Morgan fingerprint density at radius 3 is 2.59 bits per heavy atom. The summed E-state index contributed by atoms with van der Waals surface area (Å²) in [4.78, 5) is 24.7. The first-order valence-corrected chi connectivity index (χ1v) is 9.76. The topological polar surface area (TPSA) is 75.0 Å². The summed E-state index contributed by atoms with van der Waals surface area (Å²) in [6.07, 6.45) is 1.73. The number of aryl methyl sites for hydroxylation is 2. The van der Waals surface area contributed by atoms with Crippen LogP contribution in [-0.4, -0.2) is 18.2 Å². The van der Waals surface area contributed by atoms with Crippen LogP contribution in [0.4, 0.5) is 0 Å². The van der Waals surface area contributed by atoms with Gasteiger partial charge in [-0.15, -0.1) is 0 Å². The molecule has 2 aromatic carbocycles. The first kappa shape index (κ1) is 17.8. The molecule has 2 heterocycles. The normalized spacial score (nSPS) is 19.8. The molecule has 0 amide bonds. The van der Waals surface area contributed by atoms with Crippen molar-refractivity contribution in [3.05, 3.63) is 69.6 Å². The average Bonchev–Trinajstić information content (AvgIpc) is 3.17. The van der Waals surface area contributed by atoms with Crippen molar-refractivity contribution in [2.75, 3.05) is 0 Å². The Morgan fingerprint density at radius 1 is 1.07 bits per heavy atom. The highest BCUT2D eigenvalue weighted by atomic mass is 16.6. The standard InChI is InChI=1S/C23H20O6/c1-13-22(29-19-8-3-2-7-18(19)27-13)23(25)26-12-16-11-21(24)28-20-10-15-6-4-5-14(15)9-17(16)20/h2-3,7-11,13,22H,4-6,12H2,1H3/t13-,22-/m1/s1. The van der Waals surface area contributed by atoms with E-state index in [4.69, 9.17) is 18.6 Å². The van der Waals surface area contributed by atoms with Crippen LogP contribution in [0.1, 0.15) is 30.0 Å². The van der Waals surface area contributed by atoms with Gasteiger partial charge >= 0.3 is 11.6 Å². The van der Waals surface area contributed by atoms with E-state index in [2.05, 4.69) is 0 Å². The Labute approximate surface area is 167 Å². The molecule has 0 saturated heterocycles. The van der Waals surface area contributed by atoms with Crippen molar-refractivity contribution in [3.8, 4) is 11.5 Å². The van der Waals surface area contributed by atoms with Gasteiger partial charge in [0.25, 0.3) is 0 Å². The number of ether oxygens (including phenoxy) is 3. The van der Waals surface area contributed by atoms with Crippen molar-refractivity contribution in [3.63, 3.8) is 0 Å². The van der Waals surface area contributed by atoms with Gasteiger partial charge in [0, 0.05) is 17.0 Å². The monoisotopic (exact) mass is 392 g/mol. The van der Waals surface area contributed by atoms with E-state index >= 15 is 0 Å². The number of hydrogen-bond donors (Lipinski definition) is 0. The molecule has 1 aromatic heterocycles. The molecule has 29 heavy (non-hydrogen) atoms. The number of carbonyl (C=O) groups is 1. The van der Waals surface area contributed by atoms with Gasteiger partial charge in [0.05, 0.1) is 0 Å². The lowest BCUT2D eigenvalue weighted by atomic mass is 10.0. The van der Waals surface area contributed by atoms with Crippen molar-refractivity contribution in [2.24, 2.45) is 0 Å². The highest BCUT2D eigenvalue weighted by Crippen LogP contribution is 2.34. The molecule has 1 aliphatic carbocycles.